The molecule has 1 aromatic carbocycles. The minimum Gasteiger partial charge on any atom is -0.481 e. The van der Waals surface area contributed by atoms with Gasteiger partial charge in [0, 0.05) is 0 Å². The highest BCUT2D eigenvalue weighted by atomic mass is 16.5. The van der Waals surface area contributed by atoms with Crippen molar-refractivity contribution in [2.45, 2.75) is 13.3 Å². The van der Waals surface area contributed by atoms with Gasteiger partial charge < -0.3 is 5.11 Å². The van der Waals surface area contributed by atoms with Crippen molar-refractivity contribution in [3.05, 3.63) is 35.9 Å². The molecule has 0 saturated carbocycles. The van der Waals surface area contributed by atoms with Gasteiger partial charge in [0.2, 0.25) is 0 Å². The van der Waals surface area contributed by atoms with E-state index in [-0.39, 0.29) is 5.92 Å². The van der Waals surface area contributed by atoms with Gasteiger partial charge in [-0.05, 0) is 12.0 Å². The van der Waals surface area contributed by atoms with E-state index in [2.05, 4.69) is 0 Å². The van der Waals surface area contributed by atoms with Crippen molar-refractivity contribution >= 4 is 5.97 Å². The van der Waals surface area contributed by atoms with Crippen molar-refractivity contribution in [2.24, 2.45) is 5.92 Å². The summed E-state index contributed by atoms with van der Waals surface area (Å²) in [5, 5.41) is 8.64. The van der Waals surface area contributed by atoms with Crippen LogP contribution in [-0.2, 0) is 11.2 Å². The molecule has 0 heterocycles. The quantitative estimate of drug-likeness (QED) is 0.695. The topological polar surface area (TPSA) is 37.3 Å². The standard InChI is InChI=1S/C10H12O2/c1-8(10(11)12)7-9-5-3-2-4-6-9/h2-6,8H,7H2,1H3,(H,11,12)/t8-/m0/s1/i10+1. The molecule has 1 atom stereocenters. The highest BCUT2D eigenvalue weighted by molar-refractivity contribution is 5.69. The molecule has 0 aliphatic carbocycles. The molecule has 0 aromatic heterocycles. The molecule has 0 fully saturated rings. The highest BCUT2D eigenvalue weighted by Crippen LogP contribution is 2.07. The van der Waals surface area contributed by atoms with Crippen LogP contribution in [0.25, 0.3) is 0 Å². The lowest BCUT2D eigenvalue weighted by Gasteiger charge is -2.04. The van der Waals surface area contributed by atoms with E-state index in [0.29, 0.717) is 6.42 Å². The van der Waals surface area contributed by atoms with Gasteiger partial charge in [0.05, 0.1) is 5.92 Å². The summed E-state index contributed by atoms with van der Waals surface area (Å²) in [7, 11) is 0. The SMILES string of the molecule is C[C@@H](Cc1ccccc1)[13C](=O)O. The van der Waals surface area contributed by atoms with Crippen molar-refractivity contribution < 1.29 is 9.90 Å². The minimum absolute atomic E-state index is 0.299. The molecule has 0 amide bonds. The van der Waals surface area contributed by atoms with E-state index in [9.17, 15) is 4.79 Å². The molecule has 1 rings (SSSR count). The molecule has 0 spiro atoms. The van der Waals surface area contributed by atoms with E-state index in [0.717, 1.165) is 5.56 Å². The van der Waals surface area contributed by atoms with E-state index >= 15 is 0 Å². The summed E-state index contributed by atoms with van der Waals surface area (Å²) < 4.78 is 0. The average molecular weight is 165 g/mol. The Labute approximate surface area is 71.8 Å². The molecule has 0 aliphatic rings. The molecule has 0 radical (unpaired) electrons. The summed E-state index contributed by atoms with van der Waals surface area (Å²) >= 11 is 0. The van der Waals surface area contributed by atoms with E-state index in [1.807, 2.05) is 30.3 Å². The number of aliphatic carboxylic acids is 1. The normalized spacial score (nSPS) is 12.4. The van der Waals surface area contributed by atoms with Gasteiger partial charge in [-0.3, -0.25) is 4.79 Å². The van der Waals surface area contributed by atoms with Gasteiger partial charge in [-0.1, -0.05) is 37.3 Å². The lowest BCUT2D eigenvalue weighted by atomic mass is 10.1. The van der Waals surface area contributed by atoms with Crippen molar-refractivity contribution in [3.8, 4) is 0 Å². The molecule has 64 valence electrons. The number of carbonyl (C=O) groups is 1. The highest BCUT2D eigenvalue weighted by Gasteiger charge is 2.10. The van der Waals surface area contributed by atoms with Gasteiger partial charge in [-0.25, -0.2) is 0 Å². The molecule has 2 heteroatoms. The first-order chi connectivity index (χ1) is 5.70. The summed E-state index contributed by atoms with van der Waals surface area (Å²) in [4.78, 5) is 10.5. The Morgan fingerprint density at radius 1 is 1.42 bits per heavy atom. The van der Waals surface area contributed by atoms with E-state index < -0.39 is 5.97 Å². The third kappa shape index (κ3) is 2.38. The van der Waals surface area contributed by atoms with Gasteiger partial charge in [0.25, 0.3) is 0 Å². The second kappa shape index (κ2) is 3.90. The fraction of sp³-hybridized carbons (Fsp3) is 0.300. The van der Waals surface area contributed by atoms with Crippen LogP contribution in [0.3, 0.4) is 0 Å². The van der Waals surface area contributed by atoms with Crippen LogP contribution in [0.15, 0.2) is 30.3 Å². The second-order valence-electron chi connectivity index (χ2n) is 2.93. The number of carboxylic acid groups (broad SMARTS) is 1. The summed E-state index contributed by atoms with van der Waals surface area (Å²) in [5.74, 6) is -1.04. The first-order valence-corrected chi connectivity index (χ1v) is 3.97. The fourth-order valence-electron chi connectivity index (χ4n) is 1.05. The van der Waals surface area contributed by atoms with Crippen LogP contribution in [0.2, 0.25) is 0 Å². The van der Waals surface area contributed by atoms with Crippen LogP contribution in [0.4, 0.5) is 0 Å². The maximum atomic E-state index is 10.5. The molecule has 0 bridgehead atoms. The van der Waals surface area contributed by atoms with Crippen LogP contribution < -0.4 is 0 Å². The van der Waals surface area contributed by atoms with Crippen LogP contribution in [0.1, 0.15) is 12.5 Å². The summed E-state index contributed by atoms with van der Waals surface area (Å²) in [6, 6.07) is 9.65. The zero-order valence-electron chi connectivity index (χ0n) is 7.03. The van der Waals surface area contributed by atoms with Crippen molar-refractivity contribution in [1.29, 1.82) is 0 Å². The third-order valence-electron chi connectivity index (χ3n) is 1.81. The van der Waals surface area contributed by atoms with Crippen LogP contribution >= 0.6 is 0 Å². The minimum atomic E-state index is -0.737. The largest absolute Gasteiger partial charge is 0.481 e. The summed E-state index contributed by atoms with van der Waals surface area (Å²) in [5.41, 5.74) is 1.08. The molecule has 1 N–H and O–H groups in total. The van der Waals surface area contributed by atoms with E-state index in [1.165, 1.54) is 0 Å². The Morgan fingerprint density at radius 3 is 2.50 bits per heavy atom. The lowest BCUT2D eigenvalue weighted by Crippen LogP contribution is -2.11. The third-order valence-corrected chi connectivity index (χ3v) is 1.81. The predicted molar refractivity (Wildman–Crippen MR) is 46.9 cm³/mol. The molecule has 12 heavy (non-hydrogen) atoms. The zero-order valence-corrected chi connectivity index (χ0v) is 7.03. The number of rotatable bonds is 3. The van der Waals surface area contributed by atoms with Crippen molar-refractivity contribution in [1.82, 2.24) is 0 Å². The number of hydrogen-bond acceptors (Lipinski definition) is 1. The Kier molecular flexibility index (Phi) is 2.86. The molecule has 1 aromatic rings. The lowest BCUT2D eigenvalue weighted by molar-refractivity contribution is -0.141. The zero-order chi connectivity index (χ0) is 8.97. The van der Waals surface area contributed by atoms with Gasteiger partial charge in [0.15, 0.2) is 0 Å². The summed E-state index contributed by atoms with van der Waals surface area (Å²) in [6.07, 6.45) is 0.607. The number of benzene rings is 1. The first kappa shape index (κ1) is 8.78. The van der Waals surface area contributed by atoms with Crippen LogP contribution in [0, 0.1) is 5.92 Å². The van der Waals surface area contributed by atoms with Crippen molar-refractivity contribution in [2.75, 3.05) is 0 Å². The molecule has 0 unspecified atom stereocenters. The Morgan fingerprint density at radius 2 is 2.00 bits per heavy atom. The van der Waals surface area contributed by atoms with E-state index in [1.54, 1.807) is 6.92 Å². The summed E-state index contributed by atoms with van der Waals surface area (Å²) in [6.45, 7) is 1.72. The van der Waals surface area contributed by atoms with Crippen molar-refractivity contribution in [3.63, 3.8) is 0 Å². The Hall–Kier alpha value is -1.31. The van der Waals surface area contributed by atoms with E-state index in [4.69, 9.17) is 5.11 Å². The fourth-order valence-corrected chi connectivity index (χ4v) is 1.05. The maximum absolute atomic E-state index is 10.5. The van der Waals surface area contributed by atoms with Gasteiger partial charge in [-0.15, -0.1) is 0 Å². The molecular weight excluding hydrogens is 153 g/mol. The Balaban J connectivity index is 2.58. The average Bonchev–Trinajstić information content (AvgIpc) is 2.06. The molecule has 0 aliphatic heterocycles. The van der Waals surface area contributed by atoms with Gasteiger partial charge in [0.1, 0.15) is 0 Å². The smallest absolute Gasteiger partial charge is 0.306 e. The Bertz CT molecular complexity index is 254. The second-order valence-corrected chi connectivity index (χ2v) is 2.93. The predicted octanol–water partition coefficient (Wildman–Crippen LogP) is 1.95. The first-order valence-electron chi connectivity index (χ1n) is 3.97. The monoisotopic (exact) mass is 165 g/mol. The van der Waals surface area contributed by atoms with Gasteiger partial charge >= 0.3 is 5.97 Å². The number of hydrogen-bond donors (Lipinski definition) is 1. The van der Waals surface area contributed by atoms with Crippen LogP contribution in [0.5, 0.6) is 0 Å². The van der Waals surface area contributed by atoms with Gasteiger partial charge in [-0.2, -0.15) is 0 Å². The maximum Gasteiger partial charge on any atom is 0.306 e. The molecule has 2 nitrogen and oxygen atoms in total. The number of carboxylic acids is 1. The molecule has 0 saturated heterocycles. The van der Waals surface area contributed by atoms with Crippen LogP contribution in [-0.4, -0.2) is 11.1 Å². The molecular formula is C10H12O2.